The zero-order valence-corrected chi connectivity index (χ0v) is 44.7. The fourth-order valence-corrected chi connectivity index (χ4v) is 15.4. The van der Waals surface area contributed by atoms with Gasteiger partial charge in [0, 0.05) is 5.92 Å². The number of rotatable bonds is 16. The van der Waals surface area contributed by atoms with Crippen molar-refractivity contribution >= 4 is 0 Å². The molecule has 75 heavy (non-hydrogen) atoms. The Morgan fingerprint density at radius 3 is 1.73 bits per heavy atom. The monoisotopic (exact) mass is 1080 g/mol. The number of ether oxygens (including phenoxy) is 8. The van der Waals surface area contributed by atoms with Crippen molar-refractivity contribution in [1.82, 2.24) is 0 Å². The molecule has 14 N–H and O–H groups in total. The summed E-state index contributed by atoms with van der Waals surface area (Å²) in [5.74, 6) is 0.627. The van der Waals surface area contributed by atoms with Gasteiger partial charge in [-0.1, -0.05) is 52.7 Å². The summed E-state index contributed by atoms with van der Waals surface area (Å²) in [6.07, 6.45) is -28.2. The van der Waals surface area contributed by atoms with Gasteiger partial charge in [0.05, 0.1) is 44.2 Å². The van der Waals surface area contributed by atoms with E-state index in [1.54, 1.807) is 0 Å². The lowest BCUT2D eigenvalue weighted by molar-refractivity contribution is -0.405. The van der Waals surface area contributed by atoms with Crippen LogP contribution in [0.2, 0.25) is 0 Å². The van der Waals surface area contributed by atoms with Crippen molar-refractivity contribution in [1.29, 1.82) is 0 Å². The highest BCUT2D eigenvalue weighted by Crippen LogP contribution is 2.72. The second-order valence-electron chi connectivity index (χ2n) is 24.8. The van der Waals surface area contributed by atoms with Crippen molar-refractivity contribution < 1.29 is 109 Å². The number of aliphatic hydroxyl groups excluding tert-OH is 13. The van der Waals surface area contributed by atoms with Gasteiger partial charge >= 0.3 is 0 Å². The standard InChI is InChI=1S/C53H90O22/c1-22(2)17-26(57)18-23(3)27-11-15-52(8)29-9-10-32-50(6,28(29)12-16-51(27,52)7)14-13-33(53(32,67)21-56)72-49-45(44(37(61)31(20-55)71-49)74-46-40(64)38(62)34(58)24(4)68-46)75-48-42(66)43(35(59)25(5)69-48)73-47-41(65)39(63)36(60)30(19-54)70-47/h22-27,30-49,54-67H,9-21H2,1-8H3/t23-,24+,25+,26+,27-,30-,31-,32-,33+,34+,35+,36-,37-,38-,39+,40-,41-,42-,43-,44+,45-,46+,47+,48+,49+,50-,51-,52+,53+/m1/s1. The fraction of sp³-hybridized carbons (Fsp3) is 0.962. The van der Waals surface area contributed by atoms with E-state index in [0.29, 0.717) is 37.0 Å². The van der Waals surface area contributed by atoms with Crippen LogP contribution in [0.4, 0.5) is 0 Å². The molecule has 8 rings (SSSR count). The van der Waals surface area contributed by atoms with Crippen molar-refractivity contribution in [3.05, 3.63) is 11.1 Å². The molecule has 0 radical (unpaired) electrons. The molecule has 4 heterocycles. The maximum atomic E-state index is 13.1. The number of hydrogen-bond acceptors (Lipinski definition) is 22. The normalized spacial score (nSPS) is 52.3. The second kappa shape index (κ2) is 23.0. The van der Waals surface area contributed by atoms with E-state index < -0.39 is 166 Å². The van der Waals surface area contributed by atoms with Crippen LogP contribution in [0.5, 0.6) is 0 Å². The van der Waals surface area contributed by atoms with Gasteiger partial charge in [-0.15, -0.1) is 0 Å². The van der Waals surface area contributed by atoms with Crippen LogP contribution in [-0.4, -0.2) is 232 Å². The highest BCUT2D eigenvalue weighted by Gasteiger charge is 2.66. The number of aliphatic hydroxyl groups is 14. The smallest absolute Gasteiger partial charge is 0.187 e. The minimum atomic E-state index is -2.01. The molecule has 8 aliphatic rings. The van der Waals surface area contributed by atoms with Gasteiger partial charge in [-0.3, -0.25) is 0 Å². The summed E-state index contributed by atoms with van der Waals surface area (Å²) < 4.78 is 48.8. The van der Waals surface area contributed by atoms with E-state index in [1.807, 2.05) is 0 Å². The molecule has 0 amide bonds. The minimum absolute atomic E-state index is 0.00835. The summed E-state index contributed by atoms with van der Waals surface area (Å²) in [6, 6.07) is 0. The van der Waals surface area contributed by atoms with E-state index in [0.717, 1.165) is 38.5 Å². The summed E-state index contributed by atoms with van der Waals surface area (Å²) in [6.45, 7) is 14.0. The van der Waals surface area contributed by atoms with E-state index in [-0.39, 0.29) is 23.4 Å². The molecule has 0 unspecified atom stereocenters. The SMILES string of the molecule is CC(C)C[C@H](O)C[C@@H](C)[C@H]1CC[C@@]2(C)C3=C(CC[C@]12C)[C@@]1(C)CC[C@H](O[C@@H]2O[C@H](CO)[C@@H](O)[C@H](O[C@@H]4O[C@@H](C)[C@H](O)[C@@H](O)[C@H]4O)[C@H]2O[C@@H]2O[C@@H](C)[C@H](O)[C@@H](O[C@@H]4O[C@H](CO)[C@@H](O)[C@H](O)[C@H]4O)[C@H]2O)[C@](O)(CO)[C@@H]1CC3. The Morgan fingerprint density at radius 1 is 0.547 bits per heavy atom. The molecule has 29 atom stereocenters. The van der Waals surface area contributed by atoms with E-state index >= 15 is 0 Å². The lowest BCUT2D eigenvalue weighted by Gasteiger charge is -2.62. The Balaban J connectivity index is 1.09. The van der Waals surface area contributed by atoms with Crippen LogP contribution in [0.25, 0.3) is 0 Å². The van der Waals surface area contributed by atoms with Crippen LogP contribution in [0, 0.1) is 39.9 Å². The third-order valence-corrected chi connectivity index (χ3v) is 19.9. The first kappa shape index (κ1) is 60.0. The van der Waals surface area contributed by atoms with Crippen molar-refractivity contribution in [2.24, 2.45) is 39.9 Å². The predicted octanol–water partition coefficient (Wildman–Crippen LogP) is -1.42. The maximum absolute atomic E-state index is 13.1. The van der Waals surface area contributed by atoms with Crippen LogP contribution in [-0.2, 0) is 37.9 Å². The molecule has 22 heteroatoms. The topological polar surface area (TPSA) is 357 Å². The molecular weight excluding hydrogens is 989 g/mol. The van der Waals surface area contributed by atoms with Crippen molar-refractivity contribution in [2.45, 2.75) is 260 Å². The van der Waals surface area contributed by atoms with Crippen molar-refractivity contribution in [2.75, 3.05) is 19.8 Å². The maximum Gasteiger partial charge on any atom is 0.187 e. The average Bonchev–Trinajstić information content (AvgIpc) is 3.65. The number of allylic oxidation sites excluding steroid dienone is 2. The van der Waals surface area contributed by atoms with Gasteiger partial charge in [0.1, 0.15) is 91.1 Å². The first-order valence-electron chi connectivity index (χ1n) is 27.5. The quantitative estimate of drug-likeness (QED) is 0.0789. The molecule has 0 bridgehead atoms. The molecule has 6 fully saturated rings. The minimum Gasteiger partial charge on any atom is -0.394 e. The molecule has 4 aliphatic carbocycles. The first-order chi connectivity index (χ1) is 35.2. The van der Waals surface area contributed by atoms with E-state index in [4.69, 9.17) is 37.9 Å². The summed E-state index contributed by atoms with van der Waals surface area (Å²) in [5, 5.41) is 155. The van der Waals surface area contributed by atoms with Gasteiger partial charge in [-0.2, -0.15) is 0 Å². The molecule has 4 aliphatic heterocycles. The average molecular weight is 1080 g/mol. The molecule has 434 valence electrons. The molecular formula is C53H90O22. The highest BCUT2D eigenvalue weighted by molar-refractivity contribution is 5.39. The lowest BCUT2D eigenvalue weighted by atomic mass is 9.44. The van der Waals surface area contributed by atoms with Crippen molar-refractivity contribution in [3.8, 4) is 0 Å². The third kappa shape index (κ3) is 10.6. The predicted molar refractivity (Wildman–Crippen MR) is 260 cm³/mol. The van der Waals surface area contributed by atoms with E-state index in [1.165, 1.54) is 25.0 Å². The molecule has 2 saturated carbocycles. The lowest BCUT2D eigenvalue weighted by Crippen LogP contribution is -2.69. The van der Waals surface area contributed by atoms with E-state index in [9.17, 15) is 71.5 Å². The van der Waals surface area contributed by atoms with Crippen LogP contribution in [0.15, 0.2) is 11.1 Å². The van der Waals surface area contributed by atoms with Gasteiger partial charge in [0.15, 0.2) is 25.2 Å². The summed E-state index contributed by atoms with van der Waals surface area (Å²) >= 11 is 0. The van der Waals surface area contributed by atoms with Crippen LogP contribution in [0.1, 0.15) is 120 Å². The van der Waals surface area contributed by atoms with Crippen LogP contribution >= 0.6 is 0 Å². The summed E-state index contributed by atoms with van der Waals surface area (Å²) in [5.41, 5.74) is 0.131. The molecule has 0 aromatic rings. The van der Waals surface area contributed by atoms with Gasteiger partial charge in [-0.05, 0) is 112 Å². The second-order valence-corrected chi connectivity index (χ2v) is 24.8. The van der Waals surface area contributed by atoms with E-state index in [2.05, 4.69) is 41.5 Å². The first-order valence-corrected chi connectivity index (χ1v) is 27.5. The van der Waals surface area contributed by atoms with Gasteiger partial charge in [0.2, 0.25) is 0 Å². The highest BCUT2D eigenvalue weighted by atomic mass is 16.8. The molecule has 0 aromatic heterocycles. The summed E-state index contributed by atoms with van der Waals surface area (Å²) in [4.78, 5) is 0. The zero-order chi connectivity index (χ0) is 55.0. The van der Waals surface area contributed by atoms with Gasteiger partial charge in [0.25, 0.3) is 0 Å². The Hall–Kier alpha value is -1.14. The number of fused-ring (bicyclic) bond motifs is 4. The molecule has 4 saturated heterocycles. The third-order valence-electron chi connectivity index (χ3n) is 19.9. The van der Waals surface area contributed by atoms with Crippen molar-refractivity contribution in [3.63, 3.8) is 0 Å². The Kier molecular flexibility index (Phi) is 18.4. The van der Waals surface area contributed by atoms with Crippen LogP contribution < -0.4 is 0 Å². The fourth-order valence-electron chi connectivity index (χ4n) is 15.4. The Labute approximate surface area is 439 Å². The zero-order valence-electron chi connectivity index (χ0n) is 44.7. The molecule has 0 aromatic carbocycles. The largest absolute Gasteiger partial charge is 0.394 e. The van der Waals surface area contributed by atoms with Gasteiger partial charge in [-0.25, -0.2) is 0 Å². The molecule has 22 nitrogen and oxygen atoms in total. The Bertz CT molecular complexity index is 1950. The Morgan fingerprint density at radius 2 is 1.11 bits per heavy atom. The number of hydrogen-bond donors (Lipinski definition) is 14. The summed E-state index contributed by atoms with van der Waals surface area (Å²) in [7, 11) is 0. The van der Waals surface area contributed by atoms with Gasteiger partial charge < -0.3 is 109 Å². The molecule has 0 spiro atoms. The van der Waals surface area contributed by atoms with Crippen LogP contribution in [0.3, 0.4) is 0 Å².